The van der Waals surface area contributed by atoms with Crippen molar-refractivity contribution in [2.75, 3.05) is 18.8 Å². The molecular weight excluding hydrogens is 358 g/mol. The Kier molecular flexibility index (Phi) is 5.53. The van der Waals surface area contributed by atoms with E-state index in [-0.39, 0.29) is 11.8 Å². The van der Waals surface area contributed by atoms with E-state index in [1.807, 2.05) is 53.4 Å². The van der Waals surface area contributed by atoms with Crippen LogP contribution in [0.2, 0.25) is 0 Å². The zero-order chi connectivity index (χ0) is 18.5. The van der Waals surface area contributed by atoms with Crippen molar-refractivity contribution in [2.45, 2.75) is 18.1 Å². The molecule has 1 aliphatic heterocycles. The summed E-state index contributed by atoms with van der Waals surface area (Å²) in [6, 6.07) is 20.3. The summed E-state index contributed by atoms with van der Waals surface area (Å²) in [5, 5.41) is 4.07. The van der Waals surface area contributed by atoms with E-state index in [0.717, 1.165) is 11.3 Å². The average molecular weight is 379 g/mol. The van der Waals surface area contributed by atoms with E-state index >= 15 is 0 Å². The van der Waals surface area contributed by atoms with Gasteiger partial charge in [-0.1, -0.05) is 65.8 Å². The standard InChI is InChI=1S/C21H21N3O2S/c25-20(15-27-14-17-9-5-2-6-10-17)24-12-18(13-24)21-22-19(23-26-21)11-16-7-3-1-4-8-16/h1-10,18H,11-15H2. The van der Waals surface area contributed by atoms with Crippen LogP contribution < -0.4 is 0 Å². The van der Waals surface area contributed by atoms with Gasteiger partial charge in [0.2, 0.25) is 11.8 Å². The van der Waals surface area contributed by atoms with E-state index in [0.29, 0.717) is 37.0 Å². The molecule has 3 aromatic rings. The first kappa shape index (κ1) is 17.8. The second-order valence-corrected chi connectivity index (χ2v) is 7.67. The highest BCUT2D eigenvalue weighted by Gasteiger charge is 2.35. The first-order valence-electron chi connectivity index (χ1n) is 9.04. The Bertz CT molecular complexity index is 877. The number of rotatable bonds is 7. The zero-order valence-electron chi connectivity index (χ0n) is 15.0. The van der Waals surface area contributed by atoms with Crippen molar-refractivity contribution in [3.8, 4) is 0 Å². The molecule has 0 radical (unpaired) electrons. The van der Waals surface area contributed by atoms with Crippen LogP contribution in [0.5, 0.6) is 0 Å². The summed E-state index contributed by atoms with van der Waals surface area (Å²) in [4.78, 5) is 18.6. The van der Waals surface area contributed by atoms with Gasteiger partial charge in [0, 0.05) is 25.3 Å². The lowest BCUT2D eigenvalue weighted by Crippen LogP contribution is -2.49. The third-order valence-corrected chi connectivity index (χ3v) is 5.60. The molecule has 0 atom stereocenters. The first-order chi connectivity index (χ1) is 13.3. The lowest BCUT2D eigenvalue weighted by Gasteiger charge is -2.37. The molecule has 2 heterocycles. The van der Waals surface area contributed by atoms with Crippen molar-refractivity contribution in [3.05, 3.63) is 83.5 Å². The summed E-state index contributed by atoms with van der Waals surface area (Å²) in [6.45, 7) is 1.33. The monoisotopic (exact) mass is 379 g/mol. The molecule has 138 valence electrons. The third-order valence-electron chi connectivity index (χ3n) is 4.61. The zero-order valence-corrected chi connectivity index (χ0v) is 15.8. The normalized spacial score (nSPS) is 14.1. The second-order valence-electron chi connectivity index (χ2n) is 6.69. The van der Waals surface area contributed by atoms with Gasteiger partial charge in [0.1, 0.15) is 0 Å². The van der Waals surface area contributed by atoms with Gasteiger partial charge < -0.3 is 9.42 Å². The maximum atomic E-state index is 12.3. The number of likely N-dealkylation sites (tertiary alicyclic amines) is 1. The number of thioether (sulfide) groups is 1. The van der Waals surface area contributed by atoms with E-state index in [1.165, 1.54) is 5.56 Å². The van der Waals surface area contributed by atoms with Gasteiger partial charge in [-0.05, 0) is 11.1 Å². The lowest BCUT2D eigenvalue weighted by atomic mass is 10.0. The molecule has 5 nitrogen and oxygen atoms in total. The molecule has 1 fully saturated rings. The molecule has 0 saturated carbocycles. The molecule has 6 heteroatoms. The van der Waals surface area contributed by atoms with Gasteiger partial charge >= 0.3 is 0 Å². The molecule has 1 saturated heterocycles. The number of aromatic nitrogens is 2. The Morgan fingerprint density at radius 2 is 1.70 bits per heavy atom. The summed E-state index contributed by atoms with van der Waals surface area (Å²) < 4.78 is 5.40. The summed E-state index contributed by atoms with van der Waals surface area (Å²) >= 11 is 1.65. The Labute approximate surface area is 162 Å². The van der Waals surface area contributed by atoms with Crippen molar-refractivity contribution in [3.63, 3.8) is 0 Å². The van der Waals surface area contributed by atoms with Crippen LogP contribution in [0, 0.1) is 0 Å². The smallest absolute Gasteiger partial charge is 0.233 e. The van der Waals surface area contributed by atoms with Crippen LogP contribution in [-0.4, -0.2) is 39.8 Å². The number of nitrogens with zero attached hydrogens (tertiary/aromatic N) is 3. The predicted octanol–water partition coefficient (Wildman–Crippen LogP) is 3.52. The summed E-state index contributed by atoms with van der Waals surface area (Å²) in [7, 11) is 0. The fourth-order valence-electron chi connectivity index (χ4n) is 3.04. The summed E-state index contributed by atoms with van der Waals surface area (Å²) in [5.41, 5.74) is 2.40. The minimum Gasteiger partial charge on any atom is -0.340 e. The molecule has 0 aliphatic carbocycles. The number of amides is 1. The van der Waals surface area contributed by atoms with Crippen LogP contribution >= 0.6 is 11.8 Å². The van der Waals surface area contributed by atoms with E-state index < -0.39 is 0 Å². The van der Waals surface area contributed by atoms with Gasteiger partial charge in [-0.15, -0.1) is 11.8 Å². The highest BCUT2D eigenvalue weighted by atomic mass is 32.2. The average Bonchev–Trinajstić information content (AvgIpc) is 3.10. The van der Waals surface area contributed by atoms with Gasteiger partial charge in [0.05, 0.1) is 11.7 Å². The third kappa shape index (κ3) is 4.57. The molecule has 4 rings (SSSR count). The minimum absolute atomic E-state index is 0.157. The van der Waals surface area contributed by atoms with Crippen LogP contribution in [0.15, 0.2) is 65.2 Å². The van der Waals surface area contributed by atoms with Gasteiger partial charge in [0.25, 0.3) is 0 Å². The highest BCUT2D eigenvalue weighted by molar-refractivity contribution is 7.99. The number of benzene rings is 2. The minimum atomic E-state index is 0.157. The largest absolute Gasteiger partial charge is 0.340 e. The van der Waals surface area contributed by atoms with Crippen LogP contribution in [-0.2, 0) is 17.0 Å². The highest BCUT2D eigenvalue weighted by Crippen LogP contribution is 2.27. The first-order valence-corrected chi connectivity index (χ1v) is 10.2. The van der Waals surface area contributed by atoms with Crippen LogP contribution in [0.1, 0.15) is 28.8 Å². The second kappa shape index (κ2) is 8.39. The number of hydrogen-bond acceptors (Lipinski definition) is 5. The Hall–Kier alpha value is -2.60. The lowest BCUT2D eigenvalue weighted by molar-refractivity contribution is -0.133. The Morgan fingerprint density at radius 3 is 2.41 bits per heavy atom. The Balaban J connectivity index is 1.22. The maximum absolute atomic E-state index is 12.3. The molecule has 1 amide bonds. The van der Waals surface area contributed by atoms with Crippen molar-refractivity contribution in [1.29, 1.82) is 0 Å². The fraction of sp³-hybridized carbons (Fsp3) is 0.286. The van der Waals surface area contributed by atoms with Crippen LogP contribution in [0.25, 0.3) is 0 Å². The van der Waals surface area contributed by atoms with E-state index in [4.69, 9.17) is 4.52 Å². The number of carbonyl (C=O) groups excluding carboxylic acids is 1. The quantitative estimate of drug-likeness (QED) is 0.629. The molecule has 1 aromatic heterocycles. The van der Waals surface area contributed by atoms with Crippen molar-refractivity contribution in [2.24, 2.45) is 0 Å². The van der Waals surface area contributed by atoms with Crippen molar-refractivity contribution < 1.29 is 9.32 Å². The van der Waals surface area contributed by atoms with Crippen LogP contribution in [0.4, 0.5) is 0 Å². The van der Waals surface area contributed by atoms with Gasteiger partial charge in [0.15, 0.2) is 5.82 Å². The molecule has 2 aromatic carbocycles. The van der Waals surface area contributed by atoms with Crippen LogP contribution in [0.3, 0.4) is 0 Å². The SMILES string of the molecule is O=C(CSCc1ccccc1)N1CC(c2nc(Cc3ccccc3)no2)C1. The molecule has 0 bridgehead atoms. The summed E-state index contributed by atoms with van der Waals surface area (Å²) in [6.07, 6.45) is 0.663. The van der Waals surface area contributed by atoms with Crippen molar-refractivity contribution >= 4 is 17.7 Å². The van der Waals surface area contributed by atoms with Gasteiger partial charge in [-0.2, -0.15) is 4.98 Å². The maximum Gasteiger partial charge on any atom is 0.233 e. The molecular formula is C21H21N3O2S. The van der Waals surface area contributed by atoms with Gasteiger partial charge in [-0.25, -0.2) is 0 Å². The summed E-state index contributed by atoms with van der Waals surface area (Å²) in [5.74, 6) is 3.03. The number of carbonyl (C=O) groups is 1. The molecule has 0 N–H and O–H groups in total. The van der Waals surface area contributed by atoms with E-state index in [2.05, 4.69) is 22.3 Å². The molecule has 0 unspecified atom stereocenters. The van der Waals surface area contributed by atoms with Crippen molar-refractivity contribution in [1.82, 2.24) is 15.0 Å². The topological polar surface area (TPSA) is 59.2 Å². The predicted molar refractivity (Wildman–Crippen MR) is 105 cm³/mol. The molecule has 27 heavy (non-hydrogen) atoms. The van der Waals surface area contributed by atoms with E-state index in [9.17, 15) is 4.79 Å². The van der Waals surface area contributed by atoms with E-state index in [1.54, 1.807) is 11.8 Å². The molecule has 0 spiro atoms. The fourth-order valence-corrected chi connectivity index (χ4v) is 3.93. The number of hydrogen-bond donors (Lipinski definition) is 0. The van der Waals surface area contributed by atoms with Gasteiger partial charge in [-0.3, -0.25) is 4.79 Å². The Morgan fingerprint density at radius 1 is 1.04 bits per heavy atom. The molecule has 1 aliphatic rings.